The van der Waals surface area contributed by atoms with Gasteiger partial charge in [0.05, 0.1) is 6.20 Å². The number of hydrogen-bond acceptors (Lipinski definition) is 6. The van der Waals surface area contributed by atoms with Crippen molar-refractivity contribution < 1.29 is 14.3 Å². The molecule has 0 unspecified atom stereocenters. The lowest BCUT2D eigenvalue weighted by Gasteiger charge is -2.22. The van der Waals surface area contributed by atoms with Gasteiger partial charge in [-0.25, -0.2) is 4.98 Å². The molecule has 144 valence electrons. The topological polar surface area (TPSA) is 97.3 Å². The number of nitrogens with one attached hydrogen (secondary N) is 1. The van der Waals surface area contributed by atoms with Crippen molar-refractivity contribution in [1.29, 1.82) is 0 Å². The highest BCUT2D eigenvalue weighted by atomic mass is 16.5. The molecular weight excluding hydrogens is 346 g/mol. The Bertz CT molecular complexity index is 697. The first-order valence-electron chi connectivity index (χ1n) is 8.91. The Labute approximate surface area is 159 Å². The zero-order valence-electron chi connectivity index (χ0n) is 15.5. The number of carbonyl (C=O) groups excluding carboxylic acids is 2. The smallest absolute Gasteiger partial charge is 0.274 e. The third kappa shape index (κ3) is 7.49. The largest absolute Gasteiger partial charge is 0.385 e. The van der Waals surface area contributed by atoms with E-state index in [0.717, 1.165) is 5.69 Å². The van der Waals surface area contributed by atoms with Crippen molar-refractivity contribution in [2.75, 3.05) is 33.4 Å². The fraction of sp³-hybridized carbons (Fsp3) is 0.421. The molecule has 2 aromatic rings. The molecule has 2 rings (SSSR count). The minimum atomic E-state index is -0.236. The summed E-state index contributed by atoms with van der Waals surface area (Å²) in [5.41, 5.74) is 1.20. The molecule has 0 spiro atoms. The van der Waals surface area contributed by atoms with Gasteiger partial charge in [-0.05, 0) is 18.6 Å². The minimum Gasteiger partial charge on any atom is -0.385 e. The number of rotatable bonds is 11. The summed E-state index contributed by atoms with van der Waals surface area (Å²) < 4.78 is 5.05. The van der Waals surface area contributed by atoms with Gasteiger partial charge in [0.15, 0.2) is 0 Å². The molecule has 8 heteroatoms. The second-order valence-corrected chi connectivity index (χ2v) is 5.90. The molecule has 0 aliphatic carbocycles. The maximum absolute atomic E-state index is 12.6. The Morgan fingerprint density at radius 1 is 1.15 bits per heavy atom. The molecule has 0 aliphatic heterocycles. The van der Waals surface area contributed by atoms with Gasteiger partial charge in [-0.2, -0.15) is 0 Å². The first-order valence-corrected chi connectivity index (χ1v) is 8.91. The van der Waals surface area contributed by atoms with Crippen molar-refractivity contribution in [3.05, 3.63) is 54.4 Å². The van der Waals surface area contributed by atoms with Crippen molar-refractivity contribution in [2.24, 2.45) is 0 Å². The van der Waals surface area contributed by atoms with Gasteiger partial charge in [-0.15, -0.1) is 0 Å². The number of ether oxygens (including phenoxy) is 1. The van der Waals surface area contributed by atoms with Crippen molar-refractivity contribution in [3.63, 3.8) is 0 Å². The Morgan fingerprint density at radius 3 is 2.74 bits per heavy atom. The Morgan fingerprint density at radius 2 is 2.04 bits per heavy atom. The van der Waals surface area contributed by atoms with Crippen LogP contribution in [0.1, 0.15) is 29.0 Å². The molecular formula is C19H25N5O3. The van der Waals surface area contributed by atoms with Gasteiger partial charge in [-0.1, -0.05) is 6.07 Å². The summed E-state index contributed by atoms with van der Waals surface area (Å²) in [6.45, 7) is 1.86. The zero-order chi connectivity index (χ0) is 19.3. The van der Waals surface area contributed by atoms with Gasteiger partial charge in [0.1, 0.15) is 5.69 Å². The summed E-state index contributed by atoms with van der Waals surface area (Å²) in [4.78, 5) is 38.5. The lowest BCUT2D eigenvalue weighted by atomic mass is 10.2. The molecule has 0 fully saturated rings. The summed E-state index contributed by atoms with van der Waals surface area (Å²) in [5, 5.41) is 2.86. The molecule has 0 radical (unpaired) electrons. The van der Waals surface area contributed by atoms with E-state index in [1.54, 1.807) is 18.2 Å². The third-order valence-corrected chi connectivity index (χ3v) is 3.88. The summed E-state index contributed by atoms with van der Waals surface area (Å²) in [5.74, 6) is -0.338. The number of amides is 2. The van der Waals surface area contributed by atoms with E-state index >= 15 is 0 Å². The van der Waals surface area contributed by atoms with E-state index in [-0.39, 0.29) is 23.9 Å². The van der Waals surface area contributed by atoms with Crippen LogP contribution in [0.4, 0.5) is 0 Å². The van der Waals surface area contributed by atoms with Crippen LogP contribution in [0.25, 0.3) is 0 Å². The highest BCUT2D eigenvalue weighted by Gasteiger charge is 2.18. The van der Waals surface area contributed by atoms with Crippen LogP contribution in [0.2, 0.25) is 0 Å². The van der Waals surface area contributed by atoms with Crippen molar-refractivity contribution >= 4 is 11.8 Å². The molecule has 2 amide bonds. The van der Waals surface area contributed by atoms with Crippen LogP contribution in [0.3, 0.4) is 0 Å². The second-order valence-electron chi connectivity index (χ2n) is 5.90. The Balaban J connectivity index is 1.81. The molecule has 0 atom stereocenters. The molecule has 0 aromatic carbocycles. The van der Waals surface area contributed by atoms with Crippen molar-refractivity contribution in [1.82, 2.24) is 25.2 Å². The highest BCUT2D eigenvalue weighted by Crippen LogP contribution is 2.03. The fourth-order valence-electron chi connectivity index (χ4n) is 2.49. The third-order valence-electron chi connectivity index (χ3n) is 3.88. The molecule has 27 heavy (non-hydrogen) atoms. The predicted molar refractivity (Wildman–Crippen MR) is 100.0 cm³/mol. The number of carbonyl (C=O) groups is 2. The maximum atomic E-state index is 12.6. The quantitative estimate of drug-likeness (QED) is 0.594. The van der Waals surface area contributed by atoms with Crippen LogP contribution in [-0.4, -0.2) is 65.0 Å². The molecule has 0 aliphatic rings. The minimum absolute atomic E-state index is 0.102. The van der Waals surface area contributed by atoms with Crippen LogP contribution < -0.4 is 5.32 Å². The number of nitrogens with zero attached hydrogens (tertiary/aromatic N) is 4. The van der Waals surface area contributed by atoms with Gasteiger partial charge < -0.3 is 15.0 Å². The molecule has 0 bridgehead atoms. The van der Waals surface area contributed by atoms with E-state index in [0.29, 0.717) is 39.1 Å². The fourth-order valence-corrected chi connectivity index (χ4v) is 2.49. The lowest BCUT2D eigenvalue weighted by molar-refractivity contribution is -0.121. The van der Waals surface area contributed by atoms with E-state index in [1.165, 1.54) is 18.6 Å². The van der Waals surface area contributed by atoms with Gasteiger partial charge in [0.2, 0.25) is 5.91 Å². The monoisotopic (exact) mass is 371 g/mol. The number of aromatic nitrogens is 3. The van der Waals surface area contributed by atoms with Gasteiger partial charge in [0, 0.05) is 70.5 Å². The van der Waals surface area contributed by atoms with E-state index in [4.69, 9.17) is 4.74 Å². The van der Waals surface area contributed by atoms with Gasteiger partial charge in [-0.3, -0.25) is 19.6 Å². The standard InChI is InChI=1S/C19H25N5O3/c1-27-14-4-12-24(19(26)17-15-20-10-11-22-17)13-7-18(25)23-9-6-16-5-2-3-8-21-16/h2-3,5,8,10-11,15H,4,6-7,9,12-14H2,1H3,(H,23,25). The van der Waals surface area contributed by atoms with Gasteiger partial charge >= 0.3 is 0 Å². The molecule has 0 saturated heterocycles. The van der Waals surface area contributed by atoms with E-state index in [9.17, 15) is 9.59 Å². The first kappa shape index (κ1) is 20.4. The summed E-state index contributed by atoms with van der Waals surface area (Å²) in [7, 11) is 1.61. The van der Waals surface area contributed by atoms with Crippen LogP contribution in [0.15, 0.2) is 43.0 Å². The average Bonchev–Trinajstić information content (AvgIpc) is 2.71. The van der Waals surface area contributed by atoms with Crippen LogP contribution >= 0.6 is 0 Å². The highest BCUT2D eigenvalue weighted by molar-refractivity contribution is 5.92. The number of pyridine rings is 1. The lowest BCUT2D eigenvalue weighted by Crippen LogP contribution is -2.37. The van der Waals surface area contributed by atoms with Gasteiger partial charge in [0.25, 0.3) is 5.91 Å². The molecule has 2 heterocycles. The summed E-state index contributed by atoms with van der Waals surface area (Å²) in [6.07, 6.45) is 7.73. The van der Waals surface area contributed by atoms with E-state index in [1.807, 2.05) is 18.2 Å². The predicted octanol–water partition coefficient (Wildman–Crippen LogP) is 1.10. The SMILES string of the molecule is COCCCN(CCC(=O)NCCc1ccccn1)C(=O)c1cnccn1. The molecule has 1 N–H and O–H groups in total. The zero-order valence-corrected chi connectivity index (χ0v) is 15.5. The Kier molecular flexibility index (Phi) is 8.85. The number of hydrogen-bond donors (Lipinski definition) is 1. The molecule has 0 saturated carbocycles. The Hall–Kier alpha value is -2.87. The average molecular weight is 371 g/mol. The van der Waals surface area contributed by atoms with Crippen LogP contribution in [0.5, 0.6) is 0 Å². The van der Waals surface area contributed by atoms with E-state index in [2.05, 4.69) is 20.3 Å². The molecule has 2 aromatic heterocycles. The maximum Gasteiger partial charge on any atom is 0.274 e. The van der Waals surface area contributed by atoms with Crippen molar-refractivity contribution in [2.45, 2.75) is 19.3 Å². The normalized spacial score (nSPS) is 10.4. The second kappa shape index (κ2) is 11.7. The summed E-state index contributed by atoms with van der Waals surface area (Å²) >= 11 is 0. The summed E-state index contributed by atoms with van der Waals surface area (Å²) in [6, 6.07) is 5.69. The number of methoxy groups -OCH3 is 1. The van der Waals surface area contributed by atoms with Crippen molar-refractivity contribution in [3.8, 4) is 0 Å². The molecule has 8 nitrogen and oxygen atoms in total. The van der Waals surface area contributed by atoms with E-state index < -0.39 is 0 Å². The van der Waals surface area contributed by atoms with Crippen LogP contribution in [-0.2, 0) is 16.0 Å². The van der Waals surface area contributed by atoms with Crippen LogP contribution in [0, 0.1) is 0 Å². The first-order chi connectivity index (χ1) is 13.2.